The van der Waals surface area contributed by atoms with E-state index in [-0.39, 0.29) is 0 Å². The van der Waals surface area contributed by atoms with E-state index in [9.17, 15) is 13.2 Å². The van der Waals surface area contributed by atoms with E-state index >= 15 is 0 Å². The van der Waals surface area contributed by atoms with Crippen LogP contribution in [-0.2, 0) is 16.8 Å². The number of hydrogen-bond donors (Lipinski definition) is 3. The van der Waals surface area contributed by atoms with Crippen molar-refractivity contribution < 1.29 is 18.3 Å². The highest BCUT2D eigenvalue weighted by molar-refractivity contribution is 7.87. The topological polar surface area (TPSA) is 129 Å². The second-order valence-electron chi connectivity index (χ2n) is 6.19. The zero-order chi connectivity index (χ0) is 18.7. The fourth-order valence-electron chi connectivity index (χ4n) is 3.15. The molecule has 0 atom stereocenters. The van der Waals surface area contributed by atoms with E-state index in [2.05, 4.69) is 15.4 Å². The van der Waals surface area contributed by atoms with E-state index in [0.29, 0.717) is 38.4 Å². The number of aryl methyl sites for hydroxylation is 1. The van der Waals surface area contributed by atoms with E-state index in [1.54, 1.807) is 17.1 Å². The van der Waals surface area contributed by atoms with E-state index in [4.69, 9.17) is 5.11 Å². The molecule has 0 spiro atoms. The van der Waals surface area contributed by atoms with Gasteiger partial charge in [-0.1, -0.05) is 0 Å². The van der Waals surface area contributed by atoms with Crippen molar-refractivity contribution in [3.63, 3.8) is 0 Å². The molecule has 1 saturated heterocycles. The van der Waals surface area contributed by atoms with Crippen molar-refractivity contribution >= 4 is 33.0 Å². The second-order valence-corrected chi connectivity index (χ2v) is 7.86. The van der Waals surface area contributed by atoms with Crippen LogP contribution in [0.15, 0.2) is 18.5 Å². The van der Waals surface area contributed by atoms with Crippen molar-refractivity contribution in [2.24, 2.45) is 5.92 Å². The molecule has 0 saturated carbocycles. The van der Waals surface area contributed by atoms with Crippen molar-refractivity contribution in [3.05, 3.63) is 18.5 Å². The first-order valence-electron chi connectivity index (χ1n) is 8.46. The number of pyridine rings is 1. The summed E-state index contributed by atoms with van der Waals surface area (Å²) in [6, 6.07) is 1.90. The Morgan fingerprint density at radius 3 is 2.77 bits per heavy atom. The van der Waals surface area contributed by atoms with E-state index in [1.807, 2.05) is 17.7 Å². The number of carbonyl (C=O) groups is 1. The SMILES string of the molecule is CCn1ncc2c(NCC3CCN(S(=O)(=O)NC(=O)O)CC3)ccnc21. The van der Waals surface area contributed by atoms with Crippen molar-refractivity contribution in [2.45, 2.75) is 26.3 Å². The van der Waals surface area contributed by atoms with Crippen LogP contribution < -0.4 is 10.0 Å². The Kier molecular flexibility index (Phi) is 5.28. The number of nitrogens with zero attached hydrogens (tertiary/aromatic N) is 4. The highest BCUT2D eigenvalue weighted by Gasteiger charge is 2.29. The number of fused-ring (bicyclic) bond motifs is 1. The molecule has 10 nitrogen and oxygen atoms in total. The van der Waals surface area contributed by atoms with Gasteiger partial charge in [0.15, 0.2) is 5.65 Å². The molecule has 0 radical (unpaired) electrons. The predicted molar refractivity (Wildman–Crippen MR) is 96.1 cm³/mol. The van der Waals surface area contributed by atoms with Gasteiger partial charge in [-0.3, -0.25) is 0 Å². The van der Waals surface area contributed by atoms with Crippen molar-refractivity contribution in [1.29, 1.82) is 0 Å². The molecule has 0 unspecified atom stereocenters. The van der Waals surface area contributed by atoms with Gasteiger partial charge in [0.05, 0.1) is 11.6 Å². The summed E-state index contributed by atoms with van der Waals surface area (Å²) in [7, 11) is -3.96. The van der Waals surface area contributed by atoms with Gasteiger partial charge >= 0.3 is 16.3 Å². The lowest BCUT2D eigenvalue weighted by Crippen LogP contribution is -2.47. The van der Waals surface area contributed by atoms with Crippen LogP contribution in [0.5, 0.6) is 0 Å². The average Bonchev–Trinajstić information content (AvgIpc) is 3.03. The quantitative estimate of drug-likeness (QED) is 0.682. The summed E-state index contributed by atoms with van der Waals surface area (Å²) < 4.78 is 28.3. The number of amides is 1. The monoisotopic (exact) mass is 382 g/mol. The van der Waals surface area contributed by atoms with Crippen molar-refractivity contribution in [1.82, 2.24) is 23.8 Å². The van der Waals surface area contributed by atoms with Crippen molar-refractivity contribution in [2.75, 3.05) is 25.0 Å². The van der Waals surface area contributed by atoms with Gasteiger partial charge in [0.25, 0.3) is 0 Å². The van der Waals surface area contributed by atoms with Gasteiger partial charge in [0.1, 0.15) is 0 Å². The fourth-order valence-corrected chi connectivity index (χ4v) is 4.19. The Bertz CT molecular complexity index is 889. The number of hydrogen-bond acceptors (Lipinski definition) is 6. The fraction of sp³-hybridized carbons (Fsp3) is 0.533. The molecule has 2 aromatic rings. The highest BCUT2D eigenvalue weighted by atomic mass is 32.2. The van der Waals surface area contributed by atoms with Gasteiger partial charge in [-0.05, 0) is 31.7 Å². The molecule has 0 bridgehead atoms. The first-order chi connectivity index (χ1) is 12.4. The van der Waals surface area contributed by atoms with Crippen LogP contribution in [0.2, 0.25) is 0 Å². The third kappa shape index (κ3) is 3.88. The standard InChI is InChI=1S/C15H22N6O4S/c1-2-21-14-12(10-18-21)13(3-6-16-14)17-9-11-4-7-20(8-5-11)26(24,25)19-15(22)23/h3,6,10-11,19H,2,4-5,7-9H2,1H3,(H,16,17)(H,22,23). The maximum Gasteiger partial charge on any atom is 0.419 e. The Labute approximate surface area is 151 Å². The Hall–Kier alpha value is -2.40. The number of rotatable bonds is 6. The molecule has 1 fully saturated rings. The zero-order valence-corrected chi connectivity index (χ0v) is 15.2. The molecule has 1 aliphatic rings. The highest BCUT2D eigenvalue weighted by Crippen LogP contribution is 2.24. The molecule has 0 aromatic carbocycles. The van der Waals surface area contributed by atoms with Gasteiger partial charge in [-0.25, -0.2) is 19.2 Å². The summed E-state index contributed by atoms with van der Waals surface area (Å²) in [6.45, 7) is 4.06. The normalized spacial score (nSPS) is 16.7. The number of anilines is 1. The number of piperidine rings is 1. The summed E-state index contributed by atoms with van der Waals surface area (Å²) in [6.07, 6.45) is 3.29. The summed E-state index contributed by atoms with van der Waals surface area (Å²) >= 11 is 0. The van der Waals surface area contributed by atoms with E-state index in [1.165, 1.54) is 4.31 Å². The minimum atomic E-state index is -3.96. The van der Waals surface area contributed by atoms with Crippen molar-refractivity contribution in [3.8, 4) is 0 Å². The molecule has 0 aliphatic carbocycles. The van der Waals surface area contributed by atoms with Crippen LogP contribution in [0.3, 0.4) is 0 Å². The third-order valence-electron chi connectivity index (χ3n) is 4.55. The van der Waals surface area contributed by atoms with Gasteiger partial charge < -0.3 is 10.4 Å². The minimum Gasteiger partial charge on any atom is -0.464 e. The lowest BCUT2D eigenvalue weighted by Gasteiger charge is -2.30. The van der Waals surface area contributed by atoms with E-state index < -0.39 is 16.3 Å². The molecule has 3 heterocycles. The first kappa shape index (κ1) is 18.4. The second kappa shape index (κ2) is 7.46. The molecule has 11 heteroatoms. The number of carboxylic acid groups (broad SMARTS) is 1. The van der Waals surface area contributed by atoms with Crippen LogP contribution >= 0.6 is 0 Å². The molecular weight excluding hydrogens is 360 g/mol. The smallest absolute Gasteiger partial charge is 0.419 e. The summed E-state index contributed by atoms with van der Waals surface area (Å²) in [5.74, 6) is 0.302. The Morgan fingerprint density at radius 2 is 2.12 bits per heavy atom. The molecular formula is C15H22N6O4S. The van der Waals surface area contributed by atoms with Crippen LogP contribution in [0, 0.1) is 5.92 Å². The lowest BCUT2D eigenvalue weighted by atomic mass is 9.98. The predicted octanol–water partition coefficient (Wildman–Crippen LogP) is 1.09. The van der Waals surface area contributed by atoms with Gasteiger partial charge in [-0.15, -0.1) is 0 Å². The molecule has 3 rings (SSSR count). The maximum atomic E-state index is 11.9. The molecule has 142 valence electrons. The van der Waals surface area contributed by atoms with Crippen LogP contribution in [0.4, 0.5) is 10.5 Å². The zero-order valence-electron chi connectivity index (χ0n) is 14.4. The lowest BCUT2D eigenvalue weighted by molar-refractivity contribution is 0.199. The first-order valence-corrected chi connectivity index (χ1v) is 9.90. The third-order valence-corrected chi connectivity index (χ3v) is 6.03. The van der Waals surface area contributed by atoms with Crippen LogP contribution in [-0.4, -0.2) is 58.3 Å². The summed E-state index contributed by atoms with van der Waals surface area (Å²) in [5.41, 5.74) is 1.79. The van der Waals surface area contributed by atoms with Gasteiger partial charge in [0.2, 0.25) is 0 Å². The summed E-state index contributed by atoms with van der Waals surface area (Å²) in [4.78, 5) is 14.9. The number of aromatic nitrogens is 3. The Balaban J connectivity index is 1.58. The minimum absolute atomic E-state index is 0.300. The molecule has 26 heavy (non-hydrogen) atoms. The summed E-state index contributed by atoms with van der Waals surface area (Å²) in [5, 5.41) is 17.3. The number of nitrogens with one attached hydrogen (secondary N) is 2. The largest absolute Gasteiger partial charge is 0.464 e. The van der Waals surface area contributed by atoms with Gasteiger partial charge in [0, 0.05) is 38.1 Å². The van der Waals surface area contributed by atoms with E-state index in [0.717, 1.165) is 23.3 Å². The van der Waals surface area contributed by atoms with Crippen LogP contribution in [0.25, 0.3) is 11.0 Å². The maximum absolute atomic E-state index is 11.9. The average molecular weight is 382 g/mol. The Morgan fingerprint density at radius 1 is 1.38 bits per heavy atom. The molecule has 1 aliphatic heterocycles. The molecule has 1 amide bonds. The molecule has 2 aromatic heterocycles. The van der Waals surface area contributed by atoms with Crippen LogP contribution in [0.1, 0.15) is 19.8 Å². The van der Waals surface area contributed by atoms with Gasteiger partial charge in [-0.2, -0.15) is 17.8 Å². The molecule has 3 N–H and O–H groups in total.